The summed E-state index contributed by atoms with van der Waals surface area (Å²) < 4.78 is 0. The molecule has 0 bridgehead atoms. The highest BCUT2D eigenvalue weighted by Gasteiger charge is 2.28. The number of carbonyl (C=O) groups excluding carboxylic acids is 2. The second-order valence-corrected chi connectivity index (χ2v) is 6.92. The second-order valence-electron chi connectivity index (χ2n) is 6.92. The molecule has 0 radical (unpaired) electrons. The summed E-state index contributed by atoms with van der Waals surface area (Å²) in [6.45, 7) is 5.98. The van der Waals surface area contributed by atoms with Crippen LogP contribution in [0.4, 0.5) is 5.69 Å². The molecule has 0 saturated carbocycles. The summed E-state index contributed by atoms with van der Waals surface area (Å²) in [5, 5.41) is 0. The third-order valence-electron chi connectivity index (χ3n) is 5.15. The van der Waals surface area contributed by atoms with E-state index in [1.54, 1.807) is 0 Å². The first-order valence-electron chi connectivity index (χ1n) is 9.25. The van der Waals surface area contributed by atoms with E-state index in [9.17, 15) is 9.59 Å². The number of carbonyl (C=O) groups is 2. The SMILES string of the molecule is CCCC(N)C(=O)N1CCN(CC(=O)N2CCc3ccccc32)CC1. The van der Waals surface area contributed by atoms with Crippen LogP contribution in [0.3, 0.4) is 0 Å². The van der Waals surface area contributed by atoms with E-state index in [4.69, 9.17) is 5.73 Å². The maximum Gasteiger partial charge on any atom is 0.241 e. The highest BCUT2D eigenvalue weighted by atomic mass is 16.2. The Bertz CT molecular complexity index is 626. The van der Waals surface area contributed by atoms with Crippen molar-refractivity contribution in [3.05, 3.63) is 29.8 Å². The fourth-order valence-corrected chi connectivity index (χ4v) is 3.67. The van der Waals surface area contributed by atoms with Crippen LogP contribution in [0.5, 0.6) is 0 Å². The quantitative estimate of drug-likeness (QED) is 0.860. The Labute approximate surface area is 149 Å². The Morgan fingerprint density at radius 1 is 1.12 bits per heavy atom. The first kappa shape index (κ1) is 17.9. The van der Waals surface area contributed by atoms with Crippen LogP contribution in [-0.2, 0) is 16.0 Å². The zero-order chi connectivity index (χ0) is 17.8. The highest BCUT2D eigenvalue weighted by Crippen LogP contribution is 2.27. The van der Waals surface area contributed by atoms with Crippen LogP contribution in [0, 0.1) is 0 Å². The molecule has 1 aromatic rings. The number of nitrogens with zero attached hydrogens (tertiary/aromatic N) is 3. The van der Waals surface area contributed by atoms with Gasteiger partial charge >= 0.3 is 0 Å². The highest BCUT2D eigenvalue weighted by molar-refractivity contribution is 5.96. The summed E-state index contributed by atoms with van der Waals surface area (Å²) in [7, 11) is 0. The number of benzene rings is 1. The molecular formula is C19H28N4O2. The number of hydrogen-bond donors (Lipinski definition) is 1. The standard InChI is InChI=1S/C19H28N4O2/c1-2-5-16(20)19(25)22-12-10-21(11-13-22)14-18(24)23-9-8-15-6-3-4-7-17(15)23/h3-4,6-7,16H,2,5,8-14,20H2,1H3. The van der Waals surface area contributed by atoms with E-state index in [1.165, 1.54) is 5.56 Å². The fourth-order valence-electron chi connectivity index (χ4n) is 3.67. The Balaban J connectivity index is 1.50. The molecule has 136 valence electrons. The van der Waals surface area contributed by atoms with E-state index in [-0.39, 0.29) is 17.9 Å². The molecule has 6 heteroatoms. The number of hydrogen-bond acceptors (Lipinski definition) is 4. The van der Waals surface area contributed by atoms with E-state index < -0.39 is 0 Å². The summed E-state index contributed by atoms with van der Waals surface area (Å²) in [4.78, 5) is 30.8. The van der Waals surface area contributed by atoms with Gasteiger partial charge in [-0.3, -0.25) is 14.5 Å². The minimum absolute atomic E-state index is 0.0429. The topological polar surface area (TPSA) is 69.9 Å². The maximum absolute atomic E-state index is 12.7. The summed E-state index contributed by atoms with van der Waals surface area (Å²) in [6.07, 6.45) is 2.57. The largest absolute Gasteiger partial charge is 0.339 e. The van der Waals surface area contributed by atoms with Crippen molar-refractivity contribution in [3.63, 3.8) is 0 Å². The fraction of sp³-hybridized carbons (Fsp3) is 0.579. The van der Waals surface area contributed by atoms with Crippen LogP contribution in [0.2, 0.25) is 0 Å². The van der Waals surface area contributed by atoms with Crippen LogP contribution >= 0.6 is 0 Å². The number of amides is 2. The van der Waals surface area contributed by atoms with Gasteiger partial charge in [-0.15, -0.1) is 0 Å². The van der Waals surface area contributed by atoms with Crippen LogP contribution < -0.4 is 10.6 Å². The molecule has 1 fully saturated rings. The first-order valence-corrected chi connectivity index (χ1v) is 9.25. The molecular weight excluding hydrogens is 316 g/mol. The van der Waals surface area contributed by atoms with Crippen molar-refractivity contribution >= 4 is 17.5 Å². The van der Waals surface area contributed by atoms with Gasteiger partial charge in [0.1, 0.15) is 0 Å². The summed E-state index contributed by atoms with van der Waals surface area (Å²) in [5.41, 5.74) is 8.23. The van der Waals surface area contributed by atoms with Crippen LogP contribution in [0.15, 0.2) is 24.3 Å². The molecule has 0 aliphatic carbocycles. The third-order valence-corrected chi connectivity index (χ3v) is 5.15. The van der Waals surface area contributed by atoms with E-state index in [1.807, 2.05) is 34.9 Å². The van der Waals surface area contributed by atoms with Gasteiger partial charge in [-0.2, -0.15) is 0 Å². The molecule has 25 heavy (non-hydrogen) atoms. The van der Waals surface area contributed by atoms with E-state index in [2.05, 4.69) is 11.0 Å². The van der Waals surface area contributed by atoms with Gasteiger partial charge in [-0.05, 0) is 24.5 Å². The van der Waals surface area contributed by atoms with Crippen molar-refractivity contribution < 1.29 is 9.59 Å². The molecule has 2 heterocycles. The van der Waals surface area contributed by atoms with Gasteiger partial charge in [-0.25, -0.2) is 0 Å². The lowest BCUT2D eigenvalue weighted by molar-refractivity contribution is -0.134. The molecule has 2 N–H and O–H groups in total. The van der Waals surface area contributed by atoms with E-state index >= 15 is 0 Å². The molecule has 1 unspecified atom stereocenters. The normalized spacial score (nSPS) is 19.0. The Hall–Kier alpha value is -1.92. The molecule has 0 aromatic heterocycles. The molecule has 1 aromatic carbocycles. The monoisotopic (exact) mass is 344 g/mol. The van der Waals surface area contributed by atoms with Gasteiger partial charge < -0.3 is 15.5 Å². The van der Waals surface area contributed by atoms with Crippen molar-refractivity contribution in [3.8, 4) is 0 Å². The van der Waals surface area contributed by atoms with Crippen LogP contribution in [0.1, 0.15) is 25.3 Å². The predicted octanol–water partition coefficient (Wildman–Crippen LogP) is 0.847. The number of para-hydroxylation sites is 1. The van der Waals surface area contributed by atoms with E-state index in [0.717, 1.165) is 44.6 Å². The van der Waals surface area contributed by atoms with Crippen molar-refractivity contribution in [2.75, 3.05) is 44.2 Å². The third kappa shape index (κ3) is 4.02. The van der Waals surface area contributed by atoms with Crippen molar-refractivity contribution in [2.24, 2.45) is 5.73 Å². The number of nitrogens with two attached hydrogens (primary N) is 1. The zero-order valence-electron chi connectivity index (χ0n) is 15.0. The summed E-state index contributed by atoms with van der Waals surface area (Å²) >= 11 is 0. The minimum Gasteiger partial charge on any atom is -0.339 e. The smallest absolute Gasteiger partial charge is 0.241 e. The Morgan fingerprint density at radius 3 is 2.56 bits per heavy atom. The van der Waals surface area contributed by atoms with Gasteiger partial charge in [0.2, 0.25) is 11.8 Å². The molecule has 3 rings (SSSR count). The predicted molar refractivity (Wildman–Crippen MR) is 98.4 cm³/mol. The lowest BCUT2D eigenvalue weighted by Crippen LogP contribution is -2.54. The van der Waals surface area contributed by atoms with Crippen molar-refractivity contribution in [1.82, 2.24) is 9.80 Å². The molecule has 6 nitrogen and oxygen atoms in total. The molecule has 2 amide bonds. The van der Waals surface area contributed by atoms with Gasteiger partial charge in [0.25, 0.3) is 0 Å². The number of piperazine rings is 1. The van der Waals surface area contributed by atoms with Gasteiger partial charge in [-0.1, -0.05) is 31.5 Å². The second kappa shape index (κ2) is 7.97. The Kier molecular flexibility index (Phi) is 5.71. The lowest BCUT2D eigenvalue weighted by Gasteiger charge is -2.36. The zero-order valence-corrected chi connectivity index (χ0v) is 15.0. The van der Waals surface area contributed by atoms with Crippen LogP contribution in [0.25, 0.3) is 0 Å². The van der Waals surface area contributed by atoms with Gasteiger partial charge in [0, 0.05) is 38.4 Å². The average Bonchev–Trinajstić information content (AvgIpc) is 3.06. The van der Waals surface area contributed by atoms with E-state index in [0.29, 0.717) is 19.6 Å². The average molecular weight is 344 g/mol. The van der Waals surface area contributed by atoms with Gasteiger partial charge in [0.15, 0.2) is 0 Å². The molecule has 0 spiro atoms. The van der Waals surface area contributed by atoms with Crippen molar-refractivity contribution in [2.45, 2.75) is 32.2 Å². The summed E-state index contributed by atoms with van der Waals surface area (Å²) in [6, 6.07) is 7.72. The van der Waals surface area contributed by atoms with Crippen LogP contribution in [-0.4, -0.2) is 66.9 Å². The molecule has 1 saturated heterocycles. The molecule has 2 aliphatic rings. The number of rotatable bonds is 5. The molecule has 1 atom stereocenters. The lowest BCUT2D eigenvalue weighted by atomic mass is 10.1. The maximum atomic E-state index is 12.7. The summed E-state index contributed by atoms with van der Waals surface area (Å²) in [5.74, 6) is 0.189. The number of anilines is 1. The van der Waals surface area contributed by atoms with Crippen molar-refractivity contribution in [1.29, 1.82) is 0 Å². The Morgan fingerprint density at radius 2 is 1.84 bits per heavy atom. The van der Waals surface area contributed by atoms with Gasteiger partial charge in [0.05, 0.1) is 12.6 Å². The number of fused-ring (bicyclic) bond motifs is 1. The first-order chi connectivity index (χ1) is 12.1. The minimum atomic E-state index is -0.390. The molecule has 2 aliphatic heterocycles.